The van der Waals surface area contributed by atoms with Crippen LogP contribution < -0.4 is 10.2 Å². The summed E-state index contributed by atoms with van der Waals surface area (Å²) in [4.78, 5) is 0. The molecule has 0 saturated carbocycles. The second-order valence-electron chi connectivity index (χ2n) is 6.48. The molecule has 0 radical (unpaired) electrons. The summed E-state index contributed by atoms with van der Waals surface area (Å²) in [5.41, 5.74) is 7.31. The quantitative estimate of drug-likeness (QED) is 0.686. The number of nitrogens with one attached hydrogen (secondary N) is 1. The maximum Gasteiger partial charge on any atom is 0.123 e. The van der Waals surface area contributed by atoms with Crippen LogP contribution >= 0.6 is 24.8 Å². The standard InChI is InChI=1S/C22H26N2O.2ClH/c1-3-9-18-13-14-22(25-2)20(16-18)17-23-24-15-8-7-12-21(24)19-10-5-4-6-11-19;;/h1,4-6,10-11,13-14,16,21,23H,7-9,12,15,17H2,2H3;2*1H. The first-order valence-electron chi connectivity index (χ1n) is 8.96. The van der Waals surface area contributed by atoms with Crippen molar-refractivity contribution in [2.24, 2.45) is 0 Å². The summed E-state index contributed by atoms with van der Waals surface area (Å²) < 4.78 is 5.52. The van der Waals surface area contributed by atoms with Gasteiger partial charge in [0.2, 0.25) is 0 Å². The SMILES string of the molecule is C#CCc1ccc(OC)c(CNN2CCCCC2c2ccccc2)c1.Cl.Cl. The smallest absolute Gasteiger partial charge is 0.123 e. The van der Waals surface area contributed by atoms with E-state index in [-0.39, 0.29) is 24.8 Å². The first kappa shape index (κ1) is 23.3. The molecule has 1 saturated heterocycles. The third-order valence-electron chi connectivity index (χ3n) is 4.81. The number of rotatable bonds is 6. The molecule has 1 atom stereocenters. The first-order chi connectivity index (χ1) is 12.3. The number of halogens is 2. The van der Waals surface area contributed by atoms with E-state index >= 15 is 0 Å². The molecule has 0 bridgehead atoms. The summed E-state index contributed by atoms with van der Waals surface area (Å²) >= 11 is 0. The third-order valence-corrected chi connectivity index (χ3v) is 4.81. The average molecular weight is 407 g/mol. The van der Waals surface area contributed by atoms with Crippen LogP contribution in [-0.2, 0) is 13.0 Å². The number of terminal acetylenes is 1. The Kier molecular flexibility index (Phi) is 10.3. The van der Waals surface area contributed by atoms with Gasteiger partial charge in [0.1, 0.15) is 5.75 Å². The molecule has 1 aliphatic heterocycles. The summed E-state index contributed by atoms with van der Waals surface area (Å²) in [5.74, 6) is 3.62. The van der Waals surface area contributed by atoms with Gasteiger partial charge in [-0.05, 0) is 36.1 Å². The minimum atomic E-state index is 0. The largest absolute Gasteiger partial charge is 0.496 e. The molecule has 5 heteroatoms. The molecule has 0 aromatic heterocycles. The van der Waals surface area contributed by atoms with Gasteiger partial charge in [-0.2, -0.15) is 0 Å². The number of hydrogen-bond donors (Lipinski definition) is 1. The van der Waals surface area contributed by atoms with Gasteiger partial charge in [0.05, 0.1) is 7.11 Å². The Bertz CT molecular complexity index is 731. The van der Waals surface area contributed by atoms with Gasteiger partial charge in [0.15, 0.2) is 0 Å². The lowest BCUT2D eigenvalue weighted by molar-refractivity contribution is 0.0822. The zero-order valence-electron chi connectivity index (χ0n) is 15.7. The van der Waals surface area contributed by atoms with E-state index in [1.807, 2.05) is 12.1 Å². The van der Waals surface area contributed by atoms with Crippen LogP contribution in [0.15, 0.2) is 48.5 Å². The van der Waals surface area contributed by atoms with Crippen molar-refractivity contribution in [2.75, 3.05) is 13.7 Å². The summed E-state index contributed by atoms with van der Waals surface area (Å²) in [6.07, 6.45) is 9.78. The fourth-order valence-corrected chi connectivity index (χ4v) is 3.53. The Balaban J connectivity index is 0.00000182. The maximum absolute atomic E-state index is 5.52. The van der Waals surface area contributed by atoms with E-state index in [2.05, 4.69) is 52.8 Å². The van der Waals surface area contributed by atoms with Crippen LogP contribution in [0.4, 0.5) is 0 Å². The van der Waals surface area contributed by atoms with E-state index < -0.39 is 0 Å². The molecule has 3 nitrogen and oxygen atoms in total. The molecular weight excluding hydrogens is 379 g/mol. The topological polar surface area (TPSA) is 24.5 Å². The number of methoxy groups -OCH3 is 1. The number of hydrazine groups is 1. The second-order valence-corrected chi connectivity index (χ2v) is 6.48. The normalized spacial score (nSPS) is 16.5. The number of nitrogens with zero attached hydrogens (tertiary/aromatic N) is 1. The highest BCUT2D eigenvalue weighted by Crippen LogP contribution is 2.29. The fraction of sp³-hybridized carbons (Fsp3) is 0.364. The lowest BCUT2D eigenvalue weighted by Crippen LogP contribution is -2.43. The van der Waals surface area contributed by atoms with Gasteiger partial charge in [-0.1, -0.05) is 42.8 Å². The Morgan fingerprint density at radius 3 is 2.63 bits per heavy atom. The van der Waals surface area contributed by atoms with Gasteiger partial charge < -0.3 is 4.74 Å². The van der Waals surface area contributed by atoms with Crippen molar-refractivity contribution in [3.63, 3.8) is 0 Å². The Morgan fingerprint density at radius 2 is 1.93 bits per heavy atom. The van der Waals surface area contributed by atoms with E-state index in [0.717, 1.165) is 30.0 Å². The van der Waals surface area contributed by atoms with Crippen molar-refractivity contribution in [3.8, 4) is 18.1 Å². The summed E-state index contributed by atoms with van der Waals surface area (Å²) in [7, 11) is 1.72. The molecule has 1 aliphatic rings. The summed E-state index contributed by atoms with van der Waals surface area (Å²) in [6, 6.07) is 17.4. The zero-order valence-corrected chi connectivity index (χ0v) is 17.3. The van der Waals surface area contributed by atoms with E-state index in [0.29, 0.717) is 12.5 Å². The van der Waals surface area contributed by atoms with Crippen LogP contribution in [0.5, 0.6) is 5.75 Å². The van der Waals surface area contributed by atoms with Gasteiger partial charge in [0.25, 0.3) is 0 Å². The molecule has 2 aromatic rings. The molecule has 0 amide bonds. The van der Waals surface area contributed by atoms with Gasteiger partial charge in [0, 0.05) is 31.1 Å². The Morgan fingerprint density at radius 1 is 1.15 bits per heavy atom. The van der Waals surface area contributed by atoms with E-state index in [1.54, 1.807) is 7.11 Å². The highest BCUT2D eigenvalue weighted by atomic mass is 35.5. The molecule has 0 spiro atoms. The van der Waals surface area contributed by atoms with Crippen LogP contribution in [0.1, 0.15) is 42.0 Å². The van der Waals surface area contributed by atoms with Crippen molar-refractivity contribution in [1.82, 2.24) is 10.4 Å². The van der Waals surface area contributed by atoms with Crippen molar-refractivity contribution in [2.45, 2.75) is 38.3 Å². The third kappa shape index (κ3) is 6.16. The highest BCUT2D eigenvalue weighted by molar-refractivity contribution is 5.85. The molecular formula is C22H28Cl2N2O. The molecule has 0 aliphatic carbocycles. The molecule has 2 aromatic carbocycles. The Hall–Kier alpha value is -1.70. The molecule has 27 heavy (non-hydrogen) atoms. The average Bonchev–Trinajstić information content (AvgIpc) is 2.68. The van der Waals surface area contributed by atoms with Crippen molar-refractivity contribution in [3.05, 3.63) is 65.2 Å². The monoisotopic (exact) mass is 406 g/mol. The van der Waals surface area contributed by atoms with Crippen LogP contribution in [0.25, 0.3) is 0 Å². The number of benzene rings is 2. The van der Waals surface area contributed by atoms with Gasteiger partial charge >= 0.3 is 0 Å². The second kappa shape index (κ2) is 11.9. The van der Waals surface area contributed by atoms with Gasteiger partial charge in [-0.15, -0.1) is 37.2 Å². The van der Waals surface area contributed by atoms with E-state index in [1.165, 1.54) is 24.8 Å². The van der Waals surface area contributed by atoms with Crippen LogP contribution in [0, 0.1) is 12.3 Å². The van der Waals surface area contributed by atoms with Crippen LogP contribution in [0.3, 0.4) is 0 Å². The lowest BCUT2D eigenvalue weighted by Gasteiger charge is -2.36. The molecule has 3 rings (SSSR count). The fourth-order valence-electron chi connectivity index (χ4n) is 3.53. The number of ether oxygens (including phenoxy) is 1. The predicted octanol–water partition coefficient (Wildman–Crippen LogP) is 4.95. The highest BCUT2D eigenvalue weighted by Gasteiger charge is 2.23. The molecule has 1 fully saturated rings. The van der Waals surface area contributed by atoms with Crippen molar-refractivity contribution in [1.29, 1.82) is 0 Å². The molecule has 1 N–H and O–H groups in total. The number of hydrogen-bond acceptors (Lipinski definition) is 3. The number of piperidine rings is 1. The zero-order chi connectivity index (χ0) is 17.5. The van der Waals surface area contributed by atoms with Crippen molar-refractivity contribution < 1.29 is 4.74 Å². The summed E-state index contributed by atoms with van der Waals surface area (Å²) in [6.45, 7) is 1.80. The summed E-state index contributed by atoms with van der Waals surface area (Å²) in [5, 5.41) is 2.38. The predicted molar refractivity (Wildman–Crippen MR) is 117 cm³/mol. The minimum absolute atomic E-state index is 0. The van der Waals surface area contributed by atoms with Crippen LogP contribution in [0.2, 0.25) is 0 Å². The minimum Gasteiger partial charge on any atom is -0.496 e. The van der Waals surface area contributed by atoms with Crippen LogP contribution in [-0.4, -0.2) is 18.7 Å². The molecule has 1 unspecified atom stereocenters. The Labute approximate surface area is 175 Å². The van der Waals surface area contributed by atoms with E-state index in [4.69, 9.17) is 11.2 Å². The molecule has 1 heterocycles. The maximum atomic E-state index is 5.52. The first-order valence-corrected chi connectivity index (χ1v) is 8.96. The van der Waals surface area contributed by atoms with Crippen molar-refractivity contribution >= 4 is 24.8 Å². The van der Waals surface area contributed by atoms with Gasteiger partial charge in [-0.25, -0.2) is 5.01 Å². The lowest BCUT2D eigenvalue weighted by atomic mass is 9.97. The molecule has 146 valence electrons. The van der Waals surface area contributed by atoms with E-state index in [9.17, 15) is 0 Å². The van der Waals surface area contributed by atoms with Gasteiger partial charge in [-0.3, -0.25) is 5.43 Å².